The van der Waals surface area contributed by atoms with E-state index in [0.29, 0.717) is 0 Å². The van der Waals surface area contributed by atoms with Crippen LogP contribution in [0.15, 0.2) is 174 Å². The fraction of sp³-hybridized carbons (Fsp3) is 0.0588. The van der Waals surface area contributed by atoms with Crippen LogP contribution in [-0.2, 0) is 5.41 Å². The Bertz CT molecular complexity index is 3040. The fourth-order valence-electron chi connectivity index (χ4n) is 9.27. The third-order valence-electron chi connectivity index (χ3n) is 11.6. The van der Waals surface area contributed by atoms with Crippen molar-refractivity contribution in [1.82, 2.24) is 0 Å². The quantitative estimate of drug-likeness (QED) is 0.172. The highest BCUT2D eigenvalue weighted by Crippen LogP contribution is 2.53. The number of rotatable bonds is 3. The molecule has 1 aliphatic carbocycles. The first-order chi connectivity index (χ1) is 25.5. The molecule has 1 aliphatic rings. The van der Waals surface area contributed by atoms with Crippen molar-refractivity contribution in [3.63, 3.8) is 0 Å². The molecular weight excluding hydrogens is 629 g/mol. The highest BCUT2D eigenvalue weighted by Gasteiger charge is 2.37. The lowest BCUT2D eigenvalue weighted by Crippen LogP contribution is -2.15. The van der Waals surface area contributed by atoms with Gasteiger partial charge in [0, 0.05) is 16.2 Å². The van der Waals surface area contributed by atoms with Gasteiger partial charge in [0.1, 0.15) is 11.2 Å². The molecule has 0 aliphatic heterocycles. The number of benzene rings is 9. The van der Waals surface area contributed by atoms with Gasteiger partial charge in [-0.1, -0.05) is 153 Å². The Labute approximate surface area is 302 Å². The minimum absolute atomic E-state index is 0.116. The molecule has 0 saturated carbocycles. The second-order valence-electron chi connectivity index (χ2n) is 14.8. The summed E-state index contributed by atoms with van der Waals surface area (Å²) >= 11 is 0. The van der Waals surface area contributed by atoms with Gasteiger partial charge in [0.15, 0.2) is 0 Å². The van der Waals surface area contributed by atoms with Crippen LogP contribution in [0, 0.1) is 0 Å². The van der Waals surface area contributed by atoms with Gasteiger partial charge in [-0.05, 0) is 118 Å². The van der Waals surface area contributed by atoms with Crippen LogP contribution in [0.2, 0.25) is 0 Å². The van der Waals surface area contributed by atoms with Gasteiger partial charge in [-0.2, -0.15) is 0 Å². The van der Waals surface area contributed by atoms with Gasteiger partial charge in [-0.15, -0.1) is 0 Å². The van der Waals surface area contributed by atoms with Crippen LogP contribution < -0.4 is 0 Å². The second kappa shape index (κ2) is 10.8. The Hall–Kier alpha value is -6.44. The monoisotopic (exact) mass is 662 g/mol. The van der Waals surface area contributed by atoms with Gasteiger partial charge in [-0.25, -0.2) is 0 Å². The Morgan fingerprint density at radius 3 is 1.73 bits per heavy atom. The van der Waals surface area contributed by atoms with E-state index in [1.54, 1.807) is 0 Å². The topological polar surface area (TPSA) is 13.1 Å². The summed E-state index contributed by atoms with van der Waals surface area (Å²) in [5.41, 5.74) is 14.5. The van der Waals surface area contributed by atoms with Gasteiger partial charge >= 0.3 is 0 Å². The summed E-state index contributed by atoms with van der Waals surface area (Å²) in [6.07, 6.45) is 0. The van der Waals surface area contributed by atoms with Crippen LogP contribution in [0.25, 0.3) is 98.8 Å². The van der Waals surface area contributed by atoms with Crippen LogP contribution in [0.1, 0.15) is 25.0 Å². The molecule has 0 amide bonds. The summed E-state index contributed by atoms with van der Waals surface area (Å²) < 4.78 is 6.73. The molecule has 0 radical (unpaired) electrons. The molecule has 0 fully saturated rings. The molecule has 11 rings (SSSR count). The minimum Gasteiger partial charge on any atom is -0.456 e. The van der Waals surface area contributed by atoms with Gasteiger partial charge in [-0.3, -0.25) is 0 Å². The Kier molecular flexibility index (Phi) is 6.08. The smallest absolute Gasteiger partial charge is 0.136 e. The van der Waals surface area contributed by atoms with Crippen molar-refractivity contribution in [2.75, 3.05) is 0 Å². The van der Waals surface area contributed by atoms with Crippen LogP contribution >= 0.6 is 0 Å². The first kappa shape index (κ1) is 29.3. The van der Waals surface area contributed by atoms with Crippen LogP contribution in [0.4, 0.5) is 0 Å². The molecule has 10 aromatic rings. The SMILES string of the molecule is CC1(C)c2ccccc2-c2ccc3oc4cc(-c5c6ccccc6c(-c6cccc(-c7ccc8ccccc8c7)c6)c6ccccc56)ccc4c3c21. The van der Waals surface area contributed by atoms with E-state index in [4.69, 9.17) is 4.42 Å². The lowest BCUT2D eigenvalue weighted by atomic mass is 9.80. The van der Waals surface area contributed by atoms with Gasteiger partial charge in [0.2, 0.25) is 0 Å². The Morgan fingerprint density at radius 2 is 0.981 bits per heavy atom. The first-order valence-electron chi connectivity index (χ1n) is 18.2. The zero-order valence-corrected chi connectivity index (χ0v) is 29.1. The summed E-state index contributed by atoms with van der Waals surface area (Å²) in [5, 5.41) is 9.88. The molecule has 1 heterocycles. The molecular formula is C51H34O. The highest BCUT2D eigenvalue weighted by molar-refractivity contribution is 6.22. The Balaban J connectivity index is 1.12. The van der Waals surface area contributed by atoms with E-state index in [-0.39, 0.29) is 5.41 Å². The molecule has 9 aromatic carbocycles. The fourth-order valence-corrected chi connectivity index (χ4v) is 9.27. The summed E-state index contributed by atoms with van der Waals surface area (Å²) in [6, 6.07) is 62.3. The number of hydrogen-bond donors (Lipinski definition) is 0. The van der Waals surface area contributed by atoms with E-state index >= 15 is 0 Å². The van der Waals surface area contributed by atoms with E-state index in [0.717, 1.165) is 16.7 Å². The number of furan rings is 1. The van der Waals surface area contributed by atoms with Crippen molar-refractivity contribution >= 4 is 54.3 Å². The van der Waals surface area contributed by atoms with Gasteiger partial charge in [0.05, 0.1) is 0 Å². The standard InChI is InChI=1S/C51H34O/c1-51(2)44-21-10-9-16-37(44)42-26-27-45-49(50(42)51)43-25-24-36(30-46(43)52-45)48-40-19-7-5-17-38(40)47(39-18-6-8-20-41(39)48)35-15-11-14-33(29-35)34-23-22-31-12-3-4-13-32(31)28-34/h3-30H,1-2H3. The molecule has 0 unspecified atom stereocenters. The maximum Gasteiger partial charge on any atom is 0.136 e. The maximum atomic E-state index is 6.73. The molecule has 52 heavy (non-hydrogen) atoms. The minimum atomic E-state index is -0.116. The van der Waals surface area contributed by atoms with Crippen molar-refractivity contribution in [1.29, 1.82) is 0 Å². The molecule has 1 aromatic heterocycles. The molecule has 0 N–H and O–H groups in total. The molecule has 244 valence electrons. The summed E-state index contributed by atoms with van der Waals surface area (Å²) in [5.74, 6) is 0. The third kappa shape index (κ3) is 4.11. The normalized spacial score (nSPS) is 13.3. The van der Waals surface area contributed by atoms with Crippen LogP contribution in [-0.4, -0.2) is 0 Å². The second-order valence-corrected chi connectivity index (χ2v) is 14.8. The molecule has 0 atom stereocenters. The predicted octanol–water partition coefficient (Wildman–Crippen LogP) is 14.4. The maximum absolute atomic E-state index is 6.73. The van der Waals surface area contributed by atoms with E-state index in [1.807, 2.05) is 0 Å². The molecule has 0 saturated heterocycles. The zero-order chi connectivity index (χ0) is 34.6. The van der Waals surface area contributed by atoms with Gasteiger partial charge in [0.25, 0.3) is 0 Å². The third-order valence-corrected chi connectivity index (χ3v) is 11.6. The van der Waals surface area contributed by atoms with Crippen molar-refractivity contribution < 1.29 is 4.42 Å². The average Bonchev–Trinajstić information content (AvgIpc) is 3.67. The largest absolute Gasteiger partial charge is 0.456 e. The van der Waals surface area contributed by atoms with E-state index in [9.17, 15) is 0 Å². The Morgan fingerprint density at radius 1 is 0.385 bits per heavy atom. The van der Waals surface area contributed by atoms with E-state index in [1.165, 1.54) is 93.2 Å². The van der Waals surface area contributed by atoms with Crippen LogP contribution in [0.3, 0.4) is 0 Å². The lowest BCUT2D eigenvalue weighted by molar-refractivity contribution is 0.657. The molecule has 1 heteroatoms. The van der Waals surface area contributed by atoms with Crippen molar-refractivity contribution in [3.8, 4) is 44.5 Å². The average molecular weight is 663 g/mol. The van der Waals surface area contributed by atoms with Crippen molar-refractivity contribution in [2.24, 2.45) is 0 Å². The highest BCUT2D eigenvalue weighted by atomic mass is 16.3. The summed E-state index contributed by atoms with van der Waals surface area (Å²) in [6.45, 7) is 4.70. The van der Waals surface area contributed by atoms with Crippen molar-refractivity contribution in [2.45, 2.75) is 19.3 Å². The first-order valence-corrected chi connectivity index (χ1v) is 18.2. The van der Waals surface area contributed by atoms with E-state index < -0.39 is 0 Å². The molecule has 0 spiro atoms. The van der Waals surface area contributed by atoms with E-state index in [2.05, 4.69) is 184 Å². The number of fused-ring (bicyclic) bond motifs is 10. The summed E-state index contributed by atoms with van der Waals surface area (Å²) in [4.78, 5) is 0. The van der Waals surface area contributed by atoms with Gasteiger partial charge < -0.3 is 4.42 Å². The van der Waals surface area contributed by atoms with Crippen LogP contribution in [0.5, 0.6) is 0 Å². The zero-order valence-electron chi connectivity index (χ0n) is 29.1. The number of hydrogen-bond acceptors (Lipinski definition) is 1. The predicted molar refractivity (Wildman–Crippen MR) is 220 cm³/mol. The molecule has 0 bridgehead atoms. The summed E-state index contributed by atoms with van der Waals surface area (Å²) in [7, 11) is 0. The lowest BCUT2D eigenvalue weighted by Gasteiger charge is -2.22. The molecule has 1 nitrogen and oxygen atoms in total. The van der Waals surface area contributed by atoms with Crippen molar-refractivity contribution in [3.05, 3.63) is 181 Å².